The summed E-state index contributed by atoms with van der Waals surface area (Å²) in [5.74, 6) is 2.38. The van der Waals surface area contributed by atoms with E-state index in [1.165, 1.54) is 201 Å². The molecule has 0 amide bonds. The predicted octanol–water partition coefficient (Wildman–Crippen LogP) is 14.1. The molecule has 4 aromatic rings. The van der Waals surface area contributed by atoms with E-state index >= 15 is 0 Å². The molecule has 8 nitrogen and oxygen atoms in total. The third-order valence-electron chi connectivity index (χ3n) is 10.7. The molecule has 0 heterocycles. The zero-order valence-corrected chi connectivity index (χ0v) is 40.8. The molecule has 0 aliphatic carbocycles. The van der Waals surface area contributed by atoms with E-state index in [0.717, 1.165) is 12.8 Å². The summed E-state index contributed by atoms with van der Waals surface area (Å²) in [6, 6.07) is 27.0. The van der Waals surface area contributed by atoms with Crippen LogP contribution in [0.1, 0.15) is 166 Å². The molecule has 61 heavy (non-hydrogen) atoms. The van der Waals surface area contributed by atoms with E-state index < -0.39 is 20.2 Å². The second-order valence-electron chi connectivity index (χ2n) is 15.9. The first kappa shape index (κ1) is 54.7. The van der Waals surface area contributed by atoms with Crippen molar-refractivity contribution in [3.8, 4) is 23.0 Å². The second kappa shape index (κ2) is 32.3. The fraction of sp³-hybridized carbons (Fsp3) is 0.520. The second-order valence-corrected chi connectivity index (χ2v) is 18.7. The molecule has 0 spiro atoms. The summed E-state index contributed by atoms with van der Waals surface area (Å²) >= 11 is 0. The van der Waals surface area contributed by atoms with Crippen molar-refractivity contribution in [1.82, 2.24) is 0 Å². The maximum atomic E-state index is 11.0. The van der Waals surface area contributed by atoms with Crippen LogP contribution < -0.4 is 9.47 Å². The Balaban J connectivity index is 0.000000413. The maximum Gasteiger partial charge on any atom is 2.00 e. The number of hydrogen-bond donors (Lipinski definition) is 0. The number of aryl methyl sites for hydroxylation is 2. The van der Waals surface area contributed by atoms with Crippen LogP contribution in [0.15, 0.2) is 107 Å². The molecule has 4 rings (SSSR count). The van der Waals surface area contributed by atoms with Gasteiger partial charge in [0.1, 0.15) is 43.2 Å². The zero-order chi connectivity index (χ0) is 43.3. The molecule has 0 fully saturated rings. The molecule has 0 aliphatic rings. The first-order valence-electron chi connectivity index (χ1n) is 22.6. The number of benzene rings is 4. The van der Waals surface area contributed by atoms with Crippen molar-refractivity contribution in [3.63, 3.8) is 0 Å². The summed E-state index contributed by atoms with van der Waals surface area (Å²) in [4.78, 5) is -0.505. The van der Waals surface area contributed by atoms with Crippen LogP contribution in [0.25, 0.3) is 0 Å². The minimum Gasteiger partial charge on any atom is -0.744 e. The van der Waals surface area contributed by atoms with Crippen molar-refractivity contribution in [3.05, 3.63) is 108 Å². The Kier molecular flexibility index (Phi) is 28.9. The van der Waals surface area contributed by atoms with Gasteiger partial charge >= 0.3 is 37.7 Å². The molecule has 0 radical (unpaired) electrons. The molecular weight excluding hydrogens is 833 g/mol. The molecule has 0 saturated carbocycles. The molecule has 4 aromatic carbocycles. The Bertz CT molecular complexity index is 1770. The van der Waals surface area contributed by atoms with E-state index in [-0.39, 0.29) is 47.5 Å². The van der Waals surface area contributed by atoms with Gasteiger partial charge in [-0.3, -0.25) is 0 Å². The molecule has 0 N–H and O–H groups in total. The molecule has 332 valence electrons. The van der Waals surface area contributed by atoms with Crippen molar-refractivity contribution in [1.29, 1.82) is 0 Å². The van der Waals surface area contributed by atoms with Crippen LogP contribution in [0.5, 0.6) is 23.0 Å². The third-order valence-corrected chi connectivity index (χ3v) is 12.4. The molecular formula is C50H70CaO8S2. The quantitative estimate of drug-likeness (QED) is 0.0287. The Labute approximate surface area is 399 Å². The van der Waals surface area contributed by atoms with Gasteiger partial charge in [-0.25, -0.2) is 16.8 Å². The number of unbranched alkanes of at least 4 members (excludes halogenated alkanes) is 20. The first-order chi connectivity index (χ1) is 29.0. The molecule has 0 bridgehead atoms. The maximum absolute atomic E-state index is 11.0. The Morgan fingerprint density at radius 2 is 0.557 bits per heavy atom. The van der Waals surface area contributed by atoms with Crippen LogP contribution >= 0.6 is 0 Å². The molecule has 0 aromatic heterocycles. The van der Waals surface area contributed by atoms with Crippen LogP contribution in [0.4, 0.5) is 0 Å². The summed E-state index contributed by atoms with van der Waals surface area (Å²) in [6.45, 7) is 4.52. The van der Waals surface area contributed by atoms with Gasteiger partial charge in [0.2, 0.25) is 0 Å². The fourth-order valence-electron chi connectivity index (χ4n) is 7.06. The monoisotopic (exact) mass is 902 g/mol. The zero-order valence-electron chi connectivity index (χ0n) is 37.0. The molecule has 0 unspecified atom stereocenters. The molecule has 11 heteroatoms. The molecule has 0 aliphatic heterocycles. The topological polar surface area (TPSA) is 133 Å². The van der Waals surface area contributed by atoms with Gasteiger partial charge in [-0.15, -0.1) is 0 Å². The van der Waals surface area contributed by atoms with Crippen molar-refractivity contribution >= 4 is 58.0 Å². The Morgan fingerprint density at radius 3 is 0.787 bits per heavy atom. The van der Waals surface area contributed by atoms with Gasteiger partial charge < -0.3 is 18.6 Å². The van der Waals surface area contributed by atoms with E-state index in [0.29, 0.717) is 23.0 Å². The average molecular weight is 903 g/mol. The van der Waals surface area contributed by atoms with Crippen LogP contribution in [-0.2, 0) is 33.1 Å². The summed E-state index contributed by atoms with van der Waals surface area (Å²) in [7, 11) is -8.85. The standard InChI is InChI=1S/2C25H36O4S.Ca/c2*1-2-3-4-5-6-7-8-9-10-11-12-13-22-14-16-23(17-15-22)29-24-18-20-25(21-19-24)30(26,27)28;/h2*14-21H,2-13H2,1H3,(H,26,27,28);/q;;+2/p-2. The first-order valence-corrected chi connectivity index (χ1v) is 25.4. The summed E-state index contributed by atoms with van der Waals surface area (Å²) in [6.07, 6.45) is 31.8. The molecule has 0 saturated heterocycles. The Morgan fingerprint density at radius 1 is 0.344 bits per heavy atom. The van der Waals surface area contributed by atoms with Crippen molar-refractivity contribution in [2.24, 2.45) is 0 Å². The summed E-state index contributed by atoms with van der Waals surface area (Å²) < 4.78 is 77.2. The SMILES string of the molecule is CCCCCCCCCCCCCc1ccc(Oc2ccc(S(=O)(=O)[O-])cc2)cc1.CCCCCCCCCCCCCc1ccc(Oc2ccc(S(=O)(=O)[O-])cc2)cc1.[Ca+2]. The van der Waals surface area contributed by atoms with Crippen LogP contribution in [0, 0.1) is 0 Å². The normalized spacial score (nSPS) is 11.3. The minimum absolute atomic E-state index is 0. The van der Waals surface area contributed by atoms with E-state index in [4.69, 9.17) is 9.47 Å². The smallest absolute Gasteiger partial charge is 0.744 e. The largest absolute Gasteiger partial charge is 2.00 e. The summed E-state index contributed by atoms with van der Waals surface area (Å²) in [5, 5.41) is 0. The van der Waals surface area contributed by atoms with Crippen LogP contribution in [0.3, 0.4) is 0 Å². The van der Waals surface area contributed by atoms with Gasteiger partial charge in [-0.05, 0) is 110 Å². The van der Waals surface area contributed by atoms with E-state index in [2.05, 4.69) is 38.1 Å². The van der Waals surface area contributed by atoms with Crippen molar-refractivity contribution in [2.75, 3.05) is 0 Å². The van der Waals surface area contributed by atoms with Gasteiger partial charge in [-0.1, -0.05) is 167 Å². The van der Waals surface area contributed by atoms with Crippen LogP contribution in [-0.4, -0.2) is 63.7 Å². The van der Waals surface area contributed by atoms with E-state index in [1.54, 1.807) is 0 Å². The summed E-state index contributed by atoms with van der Waals surface area (Å²) in [5.41, 5.74) is 2.59. The van der Waals surface area contributed by atoms with Gasteiger partial charge in [0.15, 0.2) is 0 Å². The van der Waals surface area contributed by atoms with Gasteiger partial charge in [0.25, 0.3) is 0 Å². The third kappa shape index (κ3) is 25.4. The van der Waals surface area contributed by atoms with Gasteiger partial charge in [-0.2, -0.15) is 0 Å². The molecule has 0 atom stereocenters. The Hall–Kier alpha value is -2.44. The van der Waals surface area contributed by atoms with Crippen molar-refractivity contribution < 1.29 is 35.4 Å². The number of ether oxygens (including phenoxy) is 2. The minimum atomic E-state index is -4.43. The van der Waals surface area contributed by atoms with E-state index in [9.17, 15) is 25.9 Å². The van der Waals surface area contributed by atoms with Crippen molar-refractivity contribution in [2.45, 2.75) is 178 Å². The number of hydrogen-bond acceptors (Lipinski definition) is 8. The average Bonchev–Trinajstić information content (AvgIpc) is 3.23. The predicted molar refractivity (Wildman–Crippen MR) is 248 cm³/mol. The van der Waals surface area contributed by atoms with Crippen LogP contribution in [0.2, 0.25) is 0 Å². The fourth-order valence-corrected chi connectivity index (χ4v) is 7.99. The van der Waals surface area contributed by atoms with Gasteiger partial charge in [0.05, 0.1) is 9.79 Å². The van der Waals surface area contributed by atoms with E-state index in [1.807, 2.05) is 24.3 Å². The number of rotatable bonds is 30. The van der Waals surface area contributed by atoms with Gasteiger partial charge in [0, 0.05) is 0 Å².